The van der Waals surface area contributed by atoms with Crippen molar-refractivity contribution in [3.63, 3.8) is 0 Å². The van der Waals surface area contributed by atoms with Crippen molar-refractivity contribution in [3.8, 4) is 17.0 Å². The smallest absolute Gasteiger partial charge is 0.349 e. The molecule has 3 N–H and O–H groups in total. The summed E-state index contributed by atoms with van der Waals surface area (Å²) < 4.78 is 35.4. The van der Waals surface area contributed by atoms with Crippen molar-refractivity contribution in [2.24, 2.45) is 0 Å². The van der Waals surface area contributed by atoms with Crippen LogP contribution in [0, 0.1) is 18.6 Å². The van der Waals surface area contributed by atoms with Crippen LogP contribution in [-0.2, 0) is 9.63 Å². The van der Waals surface area contributed by atoms with Crippen LogP contribution in [0.25, 0.3) is 11.3 Å². The first-order valence-electron chi connectivity index (χ1n) is 12.5. The fraction of sp³-hybridized carbons (Fsp3) is 0.286. The summed E-state index contributed by atoms with van der Waals surface area (Å²) in [6.07, 6.45) is 5.02. The average Bonchev–Trinajstić information content (AvgIpc) is 3.75. The number of nitrogen functional groups attached to an aromatic ring is 1. The Morgan fingerprint density at radius 3 is 2.67 bits per heavy atom. The van der Waals surface area contributed by atoms with E-state index in [2.05, 4.69) is 21.9 Å². The molecule has 2 aromatic carbocycles. The lowest BCUT2D eigenvalue weighted by atomic mass is 10.0. The number of carbonyl (C=O) groups is 2. The van der Waals surface area contributed by atoms with Crippen molar-refractivity contribution < 1.29 is 27.9 Å². The molecule has 1 amide bonds. The van der Waals surface area contributed by atoms with E-state index in [0.29, 0.717) is 30.0 Å². The molecule has 2 heterocycles. The zero-order valence-electron chi connectivity index (χ0n) is 21.2. The maximum absolute atomic E-state index is 14.8. The number of ether oxygens (including phenoxy) is 1. The number of nitrogens with zero attached hydrogens (tertiary/aromatic N) is 3. The molecular formula is C28H27F2N5O4. The summed E-state index contributed by atoms with van der Waals surface area (Å²) in [7, 11) is 0. The van der Waals surface area contributed by atoms with Gasteiger partial charge in [-0.2, -0.15) is 0 Å². The molecule has 2 aliphatic rings. The molecule has 202 valence electrons. The van der Waals surface area contributed by atoms with Gasteiger partial charge in [-0.25, -0.2) is 23.5 Å². The number of hydroxylamine groups is 2. The number of nitrogens with two attached hydrogens (primary N) is 1. The van der Waals surface area contributed by atoms with Crippen molar-refractivity contribution in [2.45, 2.75) is 38.1 Å². The zero-order chi connectivity index (χ0) is 27.7. The molecule has 1 saturated carbocycles. The normalized spacial score (nSPS) is 16.7. The van der Waals surface area contributed by atoms with Crippen LogP contribution in [0.4, 0.5) is 20.3 Å². The van der Waals surface area contributed by atoms with E-state index >= 15 is 0 Å². The van der Waals surface area contributed by atoms with Crippen molar-refractivity contribution in [2.75, 3.05) is 24.2 Å². The highest BCUT2D eigenvalue weighted by Gasteiger charge is 2.32. The Morgan fingerprint density at radius 2 is 2.00 bits per heavy atom. The van der Waals surface area contributed by atoms with Gasteiger partial charge >= 0.3 is 5.97 Å². The summed E-state index contributed by atoms with van der Waals surface area (Å²) in [4.78, 5) is 37.8. The topological polar surface area (TPSA) is 120 Å². The Morgan fingerprint density at radius 1 is 1.21 bits per heavy atom. The molecule has 1 atom stereocenters. The summed E-state index contributed by atoms with van der Waals surface area (Å²) in [5.74, 6) is -2.07. The van der Waals surface area contributed by atoms with Gasteiger partial charge in [0.2, 0.25) is 0 Å². The first-order chi connectivity index (χ1) is 18.7. The van der Waals surface area contributed by atoms with Crippen molar-refractivity contribution in [1.82, 2.24) is 15.0 Å². The van der Waals surface area contributed by atoms with Crippen LogP contribution in [0.5, 0.6) is 5.75 Å². The molecule has 1 unspecified atom stereocenters. The van der Waals surface area contributed by atoms with Gasteiger partial charge in [0.25, 0.3) is 5.91 Å². The molecular weight excluding hydrogens is 508 g/mol. The SMILES string of the molecule is C=CC(=O)ON1CCC1COc1c(N)ncnc1-c1cc(F)cc(NC(=O)c2ccc(C3CC3)cc2F)c1C. The number of benzene rings is 2. The fourth-order valence-electron chi connectivity index (χ4n) is 4.39. The third-order valence-corrected chi connectivity index (χ3v) is 6.88. The maximum atomic E-state index is 14.8. The van der Waals surface area contributed by atoms with Gasteiger partial charge in [0.15, 0.2) is 11.6 Å². The minimum Gasteiger partial charge on any atom is -0.486 e. The number of anilines is 2. The Bertz CT molecular complexity index is 1460. The third-order valence-electron chi connectivity index (χ3n) is 6.88. The third kappa shape index (κ3) is 5.58. The fourth-order valence-corrected chi connectivity index (χ4v) is 4.39. The van der Waals surface area contributed by atoms with E-state index in [-0.39, 0.29) is 41.2 Å². The molecule has 9 nitrogen and oxygen atoms in total. The standard InChI is InChI=1S/C28H27F2N5O4/c1-3-24(36)39-35-9-8-19(35)13-38-26-25(32-14-33-27(26)31)21-11-18(29)12-23(15(21)2)34-28(37)20-7-6-17(10-22(20)30)16-4-5-16/h3,6-7,10-12,14,16,19H,1,4-5,8-9,13H2,2H3,(H,34,37)(H2,31,32,33). The number of nitrogens with one attached hydrogen (secondary N) is 1. The van der Waals surface area contributed by atoms with Crippen molar-refractivity contribution >= 4 is 23.4 Å². The van der Waals surface area contributed by atoms with Gasteiger partial charge in [-0.3, -0.25) is 4.79 Å². The highest BCUT2D eigenvalue weighted by atomic mass is 19.1. The summed E-state index contributed by atoms with van der Waals surface area (Å²) >= 11 is 0. The molecule has 1 aromatic heterocycles. The highest BCUT2D eigenvalue weighted by Crippen LogP contribution is 2.41. The lowest BCUT2D eigenvalue weighted by molar-refractivity contribution is -0.226. The van der Waals surface area contributed by atoms with Crippen LogP contribution < -0.4 is 15.8 Å². The average molecular weight is 536 g/mol. The maximum Gasteiger partial charge on any atom is 0.349 e. The summed E-state index contributed by atoms with van der Waals surface area (Å²) in [6, 6.07) is 6.73. The van der Waals surface area contributed by atoms with Crippen LogP contribution in [0.2, 0.25) is 0 Å². The molecule has 39 heavy (non-hydrogen) atoms. The summed E-state index contributed by atoms with van der Waals surface area (Å²) in [5.41, 5.74) is 7.94. The van der Waals surface area contributed by atoms with Crippen LogP contribution in [0.15, 0.2) is 49.3 Å². The lowest BCUT2D eigenvalue weighted by Gasteiger charge is -2.37. The van der Waals surface area contributed by atoms with Gasteiger partial charge in [-0.15, -0.1) is 5.06 Å². The van der Waals surface area contributed by atoms with Gasteiger partial charge in [-0.05, 0) is 67.5 Å². The van der Waals surface area contributed by atoms with Gasteiger partial charge < -0.3 is 20.6 Å². The van der Waals surface area contributed by atoms with Gasteiger partial charge in [-0.1, -0.05) is 12.6 Å². The Kier molecular flexibility index (Phi) is 7.25. The number of hydrogen-bond acceptors (Lipinski definition) is 8. The van der Waals surface area contributed by atoms with E-state index in [9.17, 15) is 18.4 Å². The molecule has 2 fully saturated rings. The summed E-state index contributed by atoms with van der Waals surface area (Å²) in [6.45, 7) is 5.69. The quantitative estimate of drug-likeness (QED) is 0.384. The first kappa shape index (κ1) is 26.2. The molecule has 0 spiro atoms. The largest absolute Gasteiger partial charge is 0.486 e. The summed E-state index contributed by atoms with van der Waals surface area (Å²) in [5, 5.41) is 4.09. The van der Waals surface area contributed by atoms with Crippen LogP contribution in [-0.4, -0.2) is 46.1 Å². The monoisotopic (exact) mass is 535 g/mol. The highest BCUT2D eigenvalue weighted by molar-refractivity contribution is 6.05. The Labute approximate surface area is 223 Å². The number of hydrogen-bond donors (Lipinski definition) is 2. The van der Waals surface area contributed by atoms with E-state index in [4.69, 9.17) is 15.3 Å². The first-order valence-corrected chi connectivity index (χ1v) is 12.5. The Balaban J connectivity index is 1.38. The predicted molar refractivity (Wildman–Crippen MR) is 140 cm³/mol. The van der Waals surface area contributed by atoms with Gasteiger partial charge in [0.1, 0.15) is 30.3 Å². The zero-order valence-corrected chi connectivity index (χ0v) is 21.2. The molecule has 0 bridgehead atoms. The molecule has 1 aliphatic heterocycles. The second-order valence-corrected chi connectivity index (χ2v) is 9.54. The number of carbonyl (C=O) groups excluding carboxylic acids is 2. The molecule has 1 aliphatic carbocycles. The lowest BCUT2D eigenvalue weighted by Crippen LogP contribution is -2.51. The molecule has 11 heteroatoms. The molecule has 5 rings (SSSR count). The van der Waals surface area contributed by atoms with Crippen molar-refractivity contribution in [3.05, 3.63) is 77.6 Å². The van der Waals surface area contributed by atoms with Gasteiger partial charge in [0.05, 0.1) is 11.6 Å². The van der Waals surface area contributed by atoms with Gasteiger partial charge in [0, 0.05) is 23.9 Å². The molecule has 3 aromatic rings. The van der Waals surface area contributed by atoms with Crippen LogP contribution >= 0.6 is 0 Å². The molecule has 0 radical (unpaired) electrons. The van der Waals surface area contributed by atoms with E-state index < -0.39 is 23.5 Å². The second-order valence-electron chi connectivity index (χ2n) is 9.54. The number of halogens is 2. The predicted octanol–water partition coefficient (Wildman–Crippen LogP) is 4.54. The Hall–Kier alpha value is -4.38. The number of amides is 1. The van der Waals surface area contributed by atoms with E-state index in [1.165, 1.54) is 29.6 Å². The van der Waals surface area contributed by atoms with E-state index in [0.717, 1.165) is 30.5 Å². The van der Waals surface area contributed by atoms with Crippen LogP contribution in [0.1, 0.15) is 46.7 Å². The van der Waals surface area contributed by atoms with E-state index in [1.807, 2.05) is 0 Å². The minimum atomic E-state index is -0.702. The number of rotatable bonds is 9. The van der Waals surface area contributed by atoms with Crippen molar-refractivity contribution in [1.29, 1.82) is 0 Å². The minimum absolute atomic E-state index is 0.0287. The van der Waals surface area contributed by atoms with Crippen LogP contribution in [0.3, 0.4) is 0 Å². The molecule has 1 saturated heterocycles. The van der Waals surface area contributed by atoms with E-state index in [1.54, 1.807) is 13.0 Å². The number of aromatic nitrogens is 2. The second kappa shape index (κ2) is 10.8.